The van der Waals surface area contributed by atoms with Gasteiger partial charge in [-0.05, 0) is 36.2 Å². The fraction of sp³-hybridized carbons (Fsp3) is 0.682. The van der Waals surface area contributed by atoms with Crippen LogP contribution >= 0.6 is 0 Å². The molecule has 0 radical (unpaired) electrons. The maximum atomic E-state index is 4.57. The predicted octanol–water partition coefficient (Wildman–Crippen LogP) is 6.22. The molecule has 0 saturated heterocycles. The number of quaternary nitrogens is 1. The lowest BCUT2D eigenvalue weighted by atomic mass is 10.1. The Hall–Kier alpha value is -1.15. The van der Waals surface area contributed by atoms with E-state index in [1.807, 2.05) is 6.21 Å². The van der Waals surface area contributed by atoms with Crippen molar-refractivity contribution in [1.82, 2.24) is 4.48 Å². The third-order valence-electron chi connectivity index (χ3n) is 4.55. The maximum Gasteiger partial charge on any atom is 0.132 e. The fourth-order valence-corrected chi connectivity index (χ4v) is 2.87. The predicted molar refractivity (Wildman–Crippen MR) is 110 cm³/mol. The second kappa shape index (κ2) is 12.2. The molecule has 0 aromatic heterocycles. The van der Waals surface area contributed by atoms with Crippen LogP contribution in [0.15, 0.2) is 29.3 Å². The van der Waals surface area contributed by atoms with Crippen molar-refractivity contribution in [2.24, 2.45) is 4.99 Å². The molecule has 136 valence electrons. The summed E-state index contributed by atoms with van der Waals surface area (Å²) in [6.07, 6.45) is 15.8. The lowest BCUT2D eigenvalue weighted by Gasteiger charge is -2.23. The van der Waals surface area contributed by atoms with Crippen LogP contribution in [-0.2, 0) is 0 Å². The monoisotopic (exact) mass is 331 g/mol. The van der Waals surface area contributed by atoms with Crippen LogP contribution in [0.2, 0.25) is 0 Å². The van der Waals surface area contributed by atoms with E-state index in [9.17, 15) is 0 Å². The minimum Gasteiger partial charge on any atom is -0.298 e. The third kappa shape index (κ3) is 9.87. The molecule has 0 atom stereocenters. The number of rotatable bonds is 13. The quantitative estimate of drug-likeness (QED) is 0.231. The summed E-state index contributed by atoms with van der Waals surface area (Å²) in [5.41, 5.74) is 2.53. The van der Waals surface area contributed by atoms with E-state index >= 15 is 0 Å². The van der Waals surface area contributed by atoms with Crippen molar-refractivity contribution in [2.75, 3.05) is 27.7 Å². The Labute approximate surface area is 150 Å². The number of benzene rings is 1. The summed E-state index contributed by atoms with van der Waals surface area (Å²) in [6.45, 7) is 3.25. The molecule has 0 amide bonds. The minimum absolute atomic E-state index is 0.857. The molecule has 1 aromatic carbocycles. The van der Waals surface area contributed by atoms with Gasteiger partial charge in [0.15, 0.2) is 0 Å². The first kappa shape index (κ1) is 20.9. The molecule has 0 spiro atoms. The van der Waals surface area contributed by atoms with Gasteiger partial charge >= 0.3 is 0 Å². The molecule has 0 aliphatic heterocycles. The summed E-state index contributed by atoms with van der Waals surface area (Å²) in [6, 6.07) is 8.73. The molecule has 1 rings (SSSR count). The zero-order valence-corrected chi connectivity index (χ0v) is 16.6. The number of unbranched alkanes of at least 4 members (excludes halogenated alkanes) is 9. The van der Waals surface area contributed by atoms with Crippen LogP contribution in [0.3, 0.4) is 0 Å². The van der Waals surface area contributed by atoms with E-state index in [1.54, 1.807) is 0 Å². The normalized spacial score (nSPS) is 12.2. The van der Waals surface area contributed by atoms with Crippen LogP contribution in [0.5, 0.6) is 0 Å². The van der Waals surface area contributed by atoms with Gasteiger partial charge < -0.3 is 0 Å². The van der Waals surface area contributed by atoms with Gasteiger partial charge in [-0.25, -0.2) is 0 Å². The molecule has 0 aliphatic carbocycles. The first-order valence-electron chi connectivity index (χ1n) is 9.96. The molecule has 2 nitrogen and oxygen atoms in total. The summed E-state index contributed by atoms with van der Waals surface area (Å²) in [4.78, 5) is 4.57. The first-order valence-corrected chi connectivity index (χ1v) is 9.96. The minimum atomic E-state index is 0.857. The summed E-state index contributed by atoms with van der Waals surface area (Å²) in [7, 11) is 6.57. The Kier molecular flexibility index (Phi) is 10.7. The van der Waals surface area contributed by atoms with E-state index in [-0.39, 0.29) is 0 Å². The Morgan fingerprint density at radius 1 is 0.750 bits per heavy atom. The van der Waals surface area contributed by atoms with Crippen molar-refractivity contribution in [3.63, 3.8) is 0 Å². The van der Waals surface area contributed by atoms with E-state index in [0.717, 1.165) is 11.0 Å². The van der Waals surface area contributed by atoms with Crippen LogP contribution in [0, 0.1) is 0 Å². The van der Waals surface area contributed by atoms with E-state index in [0.29, 0.717) is 0 Å². The van der Waals surface area contributed by atoms with Crippen molar-refractivity contribution in [3.05, 3.63) is 29.8 Å². The highest BCUT2D eigenvalue weighted by atomic mass is 15.3. The van der Waals surface area contributed by atoms with Crippen molar-refractivity contribution in [2.45, 2.75) is 71.1 Å². The molecule has 0 fully saturated rings. The second-order valence-electron chi connectivity index (χ2n) is 7.82. The van der Waals surface area contributed by atoms with Gasteiger partial charge in [-0.15, -0.1) is 0 Å². The summed E-state index contributed by atoms with van der Waals surface area (Å²) in [5.74, 6) is 0. The van der Waals surface area contributed by atoms with Crippen molar-refractivity contribution < 1.29 is 0 Å². The van der Waals surface area contributed by atoms with Crippen LogP contribution in [-0.4, -0.2) is 33.9 Å². The molecule has 0 bridgehead atoms. The second-order valence-corrected chi connectivity index (χ2v) is 7.82. The van der Waals surface area contributed by atoms with Gasteiger partial charge in [0.05, 0.1) is 21.1 Å². The molecule has 24 heavy (non-hydrogen) atoms. The van der Waals surface area contributed by atoms with Gasteiger partial charge in [-0.1, -0.05) is 64.7 Å². The number of nitrogens with zero attached hydrogens (tertiary/aromatic N) is 2. The first-order chi connectivity index (χ1) is 11.5. The van der Waals surface area contributed by atoms with Gasteiger partial charge in [0, 0.05) is 12.8 Å². The maximum absolute atomic E-state index is 4.57. The fourth-order valence-electron chi connectivity index (χ4n) is 2.87. The molecule has 0 saturated carbocycles. The molecule has 0 aliphatic rings. The molecule has 2 heteroatoms. The highest BCUT2D eigenvalue weighted by Gasteiger charge is 2.10. The Balaban J connectivity index is 2.04. The molecular weight excluding hydrogens is 292 g/mol. The van der Waals surface area contributed by atoms with Crippen molar-refractivity contribution in [1.29, 1.82) is 0 Å². The van der Waals surface area contributed by atoms with E-state index < -0.39 is 0 Å². The lowest BCUT2D eigenvalue weighted by Crippen LogP contribution is -2.34. The van der Waals surface area contributed by atoms with Crippen LogP contribution in [0.25, 0.3) is 0 Å². The molecule has 1 aromatic rings. The van der Waals surface area contributed by atoms with Crippen LogP contribution < -0.4 is 4.48 Å². The molecule has 0 heterocycles. The Morgan fingerprint density at radius 3 is 1.75 bits per heavy atom. The van der Waals surface area contributed by atoms with E-state index in [1.165, 1.54) is 75.5 Å². The van der Waals surface area contributed by atoms with Gasteiger partial charge in [-0.3, -0.25) is 9.48 Å². The van der Waals surface area contributed by atoms with Crippen LogP contribution in [0.4, 0.5) is 5.69 Å². The zero-order valence-electron chi connectivity index (χ0n) is 16.6. The van der Waals surface area contributed by atoms with E-state index in [2.05, 4.69) is 57.3 Å². The Bertz CT molecular complexity index is 440. The van der Waals surface area contributed by atoms with Crippen LogP contribution in [0.1, 0.15) is 76.7 Å². The molecular formula is C22H39N2+. The SMILES string of the molecule is CCCCCCCCCCCCN=Cc1ccc([N+](C)(C)C)cc1. The third-order valence-corrected chi connectivity index (χ3v) is 4.55. The van der Waals surface area contributed by atoms with Gasteiger partial charge in [0.1, 0.15) is 5.69 Å². The molecule has 0 unspecified atom stereocenters. The number of aliphatic imine (C=N–C) groups is 1. The van der Waals surface area contributed by atoms with Crippen molar-refractivity contribution in [3.8, 4) is 0 Å². The average molecular weight is 332 g/mol. The van der Waals surface area contributed by atoms with Crippen molar-refractivity contribution >= 4 is 11.9 Å². The number of hydrogen-bond acceptors (Lipinski definition) is 1. The van der Waals surface area contributed by atoms with Gasteiger partial charge in [0.2, 0.25) is 0 Å². The smallest absolute Gasteiger partial charge is 0.132 e. The highest BCUT2D eigenvalue weighted by molar-refractivity contribution is 5.80. The van der Waals surface area contributed by atoms with Gasteiger partial charge in [0.25, 0.3) is 0 Å². The summed E-state index contributed by atoms with van der Waals surface area (Å²) >= 11 is 0. The topological polar surface area (TPSA) is 12.4 Å². The molecule has 0 N–H and O–H groups in total. The average Bonchev–Trinajstić information content (AvgIpc) is 2.55. The largest absolute Gasteiger partial charge is 0.298 e. The summed E-state index contributed by atoms with van der Waals surface area (Å²) in [5, 5.41) is 0. The standard InChI is InChI=1S/C22H39N2/c1-5-6-7-8-9-10-11-12-13-14-19-23-20-21-15-17-22(18-16-21)24(2,3)4/h15-18,20H,5-14,19H2,1-4H3/q+1. The van der Waals surface area contributed by atoms with E-state index in [4.69, 9.17) is 0 Å². The lowest BCUT2D eigenvalue weighted by molar-refractivity contribution is 0.486. The summed E-state index contributed by atoms with van der Waals surface area (Å²) < 4.78 is 0.857. The van der Waals surface area contributed by atoms with Gasteiger partial charge in [-0.2, -0.15) is 0 Å². The number of hydrogen-bond donors (Lipinski definition) is 0. The zero-order chi connectivity index (χ0) is 17.7. The Morgan fingerprint density at radius 2 is 1.25 bits per heavy atom. The highest BCUT2D eigenvalue weighted by Crippen LogP contribution is 2.16.